The van der Waals surface area contributed by atoms with Crippen molar-refractivity contribution in [1.29, 1.82) is 0 Å². The molecule has 6 nitrogen and oxygen atoms in total. The summed E-state index contributed by atoms with van der Waals surface area (Å²) >= 11 is 3.41. The molecule has 110 valence electrons. The highest BCUT2D eigenvalue weighted by molar-refractivity contribution is 9.10. The molecule has 1 aliphatic heterocycles. The number of aromatic nitrogens is 1. The highest BCUT2D eigenvalue weighted by Crippen LogP contribution is 2.31. The Hall–Kier alpha value is -1.21. The van der Waals surface area contributed by atoms with Crippen LogP contribution in [0.15, 0.2) is 10.7 Å². The highest BCUT2D eigenvalue weighted by Gasteiger charge is 2.21. The molecule has 1 aromatic rings. The third-order valence-corrected chi connectivity index (χ3v) is 4.78. The lowest BCUT2D eigenvalue weighted by molar-refractivity contribution is -0.385. The van der Waals surface area contributed by atoms with Crippen LogP contribution in [0.5, 0.6) is 0 Å². The molecule has 7 heteroatoms. The Labute approximate surface area is 126 Å². The van der Waals surface area contributed by atoms with E-state index in [1.165, 1.54) is 6.20 Å². The van der Waals surface area contributed by atoms with Crippen LogP contribution in [0, 0.1) is 17.0 Å². The van der Waals surface area contributed by atoms with Crippen LogP contribution in [0.2, 0.25) is 0 Å². The SMILES string of the molecule is CCN1CCC(Nc2ncc([N+](=O)[O-])c(C)c2Br)CC1. The number of nitro groups is 1. The normalized spacial score (nSPS) is 17.1. The van der Waals surface area contributed by atoms with Crippen molar-refractivity contribution in [2.75, 3.05) is 25.0 Å². The highest BCUT2D eigenvalue weighted by atomic mass is 79.9. The van der Waals surface area contributed by atoms with E-state index in [1.54, 1.807) is 6.92 Å². The van der Waals surface area contributed by atoms with Gasteiger partial charge in [0.2, 0.25) is 0 Å². The number of pyridine rings is 1. The van der Waals surface area contributed by atoms with Gasteiger partial charge in [0.15, 0.2) is 0 Å². The van der Waals surface area contributed by atoms with E-state index in [9.17, 15) is 10.1 Å². The predicted octanol–water partition coefficient (Wildman–Crippen LogP) is 2.96. The van der Waals surface area contributed by atoms with Gasteiger partial charge in [0, 0.05) is 24.7 Å². The van der Waals surface area contributed by atoms with Crippen molar-refractivity contribution in [3.63, 3.8) is 0 Å². The zero-order valence-corrected chi connectivity index (χ0v) is 13.3. The second-order valence-corrected chi connectivity index (χ2v) is 5.83. The van der Waals surface area contributed by atoms with Crippen molar-refractivity contribution in [2.24, 2.45) is 0 Å². The number of anilines is 1. The van der Waals surface area contributed by atoms with Crippen LogP contribution in [-0.2, 0) is 0 Å². The van der Waals surface area contributed by atoms with Crippen molar-refractivity contribution < 1.29 is 4.92 Å². The van der Waals surface area contributed by atoms with Crippen molar-refractivity contribution in [3.05, 3.63) is 26.3 Å². The molecule has 1 N–H and O–H groups in total. The van der Waals surface area contributed by atoms with Crippen LogP contribution in [0.4, 0.5) is 11.5 Å². The van der Waals surface area contributed by atoms with Crippen LogP contribution >= 0.6 is 15.9 Å². The van der Waals surface area contributed by atoms with Gasteiger partial charge in [-0.05, 0) is 42.2 Å². The van der Waals surface area contributed by atoms with E-state index < -0.39 is 4.92 Å². The topological polar surface area (TPSA) is 71.3 Å². The summed E-state index contributed by atoms with van der Waals surface area (Å²) in [6.45, 7) is 7.15. The molecule has 20 heavy (non-hydrogen) atoms. The van der Waals surface area contributed by atoms with Gasteiger partial charge in [-0.1, -0.05) is 6.92 Å². The summed E-state index contributed by atoms with van der Waals surface area (Å²) < 4.78 is 0.685. The minimum Gasteiger partial charge on any atom is -0.366 e. The third-order valence-electron chi connectivity index (χ3n) is 3.81. The zero-order chi connectivity index (χ0) is 14.7. The van der Waals surface area contributed by atoms with Gasteiger partial charge >= 0.3 is 0 Å². The molecular weight excluding hydrogens is 324 g/mol. The van der Waals surface area contributed by atoms with E-state index in [0.29, 0.717) is 21.9 Å². The Balaban J connectivity index is 2.07. The molecule has 0 radical (unpaired) electrons. The second-order valence-electron chi connectivity index (χ2n) is 5.04. The number of hydrogen-bond donors (Lipinski definition) is 1. The molecule has 1 aliphatic rings. The fourth-order valence-corrected chi connectivity index (χ4v) is 2.86. The summed E-state index contributed by atoms with van der Waals surface area (Å²) in [7, 11) is 0. The summed E-state index contributed by atoms with van der Waals surface area (Å²) in [5, 5.41) is 14.3. The fraction of sp³-hybridized carbons (Fsp3) is 0.615. The molecule has 1 fully saturated rings. The standard InChI is InChI=1S/C13H19BrN4O2/c1-3-17-6-4-10(5-7-17)16-13-12(14)9(2)11(8-15-13)18(19)20/h8,10H,3-7H2,1-2H3,(H,15,16). The predicted molar refractivity (Wildman–Crippen MR) is 82.1 cm³/mol. The third kappa shape index (κ3) is 3.27. The van der Waals surface area contributed by atoms with E-state index in [4.69, 9.17) is 0 Å². The number of likely N-dealkylation sites (tertiary alicyclic amines) is 1. The number of halogens is 1. The Morgan fingerprint density at radius 1 is 1.55 bits per heavy atom. The van der Waals surface area contributed by atoms with E-state index in [-0.39, 0.29) is 5.69 Å². The molecule has 0 bridgehead atoms. The molecule has 1 saturated heterocycles. The van der Waals surface area contributed by atoms with Crippen LogP contribution in [0.25, 0.3) is 0 Å². The van der Waals surface area contributed by atoms with Crippen LogP contribution in [0.3, 0.4) is 0 Å². The summed E-state index contributed by atoms with van der Waals surface area (Å²) in [6.07, 6.45) is 3.46. The minimum absolute atomic E-state index is 0.0447. The van der Waals surface area contributed by atoms with Gasteiger partial charge in [0.25, 0.3) is 5.69 Å². The molecule has 0 amide bonds. The molecule has 0 aliphatic carbocycles. The Bertz CT molecular complexity index is 501. The van der Waals surface area contributed by atoms with Crippen molar-refractivity contribution in [2.45, 2.75) is 32.7 Å². The van der Waals surface area contributed by atoms with Gasteiger partial charge in [-0.2, -0.15) is 0 Å². The largest absolute Gasteiger partial charge is 0.366 e. The summed E-state index contributed by atoms with van der Waals surface area (Å²) in [5.74, 6) is 0.697. The van der Waals surface area contributed by atoms with Crippen LogP contribution < -0.4 is 5.32 Å². The Morgan fingerprint density at radius 2 is 2.20 bits per heavy atom. The maximum atomic E-state index is 10.9. The lowest BCUT2D eigenvalue weighted by Crippen LogP contribution is -2.39. The van der Waals surface area contributed by atoms with Gasteiger partial charge in [0.1, 0.15) is 12.0 Å². The lowest BCUT2D eigenvalue weighted by atomic mass is 10.1. The van der Waals surface area contributed by atoms with Gasteiger partial charge in [0.05, 0.1) is 9.40 Å². The number of nitrogens with one attached hydrogen (secondary N) is 1. The molecular formula is C13H19BrN4O2. The average Bonchev–Trinajstić information content (AvgIpc) is 2.44. The molecule has 0 saturated carbocycles. The van der Waals surface area contributed by atoms with Gasteiger partial charge in [-0.15, -0.1) is 0 Å². The van der Waals surface area contributed by atoms with Gasteiger partial charge in [-0.25, -0.2) is 4.98 Å². The molecule has 0 spiro atoms. The van der Waals surface area contributed by atoms with E-state index in [1.807, 2.05) is 0 Å². The first-order valence-corrected chi connectivity index (χ1v) is 7.60. The molecule has 2 heterocycles. The van der Waals surface area contributed by atoms with Crippen LogP contribution in [0.1, 0.15) is 25.3 Å². The van der Waals surface area contributed by atoms with E-state index >= 15 is 0 Å². The second kappa shape index (κ2) is 6.49. The smallest absolute Gasteiger partial charge is 0.291 e. The maximum absolute atomic E-state index is 10.9. The Morgan fingerprint density at radius 3 is 2.75 bits per heavy atom. The molecule has 0 atom stereocenters. The summed E-state index contributed by atoms with van der Waals surface area (Å²) in [5.41, 5.74) is 0.654. The van der Waals surface area contributed by atoms with E-state index in [0.717, 1.165) is 32.5 Å². The Kier molecular flexibility index (Phi) is 4.93. The molecule has 0 aromatic carbocycles. The first-order valence-electron chi connectivity index (χ1n) is 6.81. The van der Waals surface area contributed by atoms with Gasteiger partial charge < -0.3 is 10.2 Å². The summed E-state index contributed by atoms with van der Waals surface area (Å²) in [4.78, 5) is 17.1. The lowest BCUT2D eigenvalue weighted by Gasteiger charge is -2.31. The van der Waals surface area contributed by atoms with Crippen LogP contribution in [-0.4, -0.2) is 40.5 Å². The molecule has 2 rings (SSSR count). The first kappa shape index (κ1) is 15.2. The number of rotatable bonds is 4. The number of hydrogen-bond acceptors (Lipinski definition) is 5. The first-order chi connectivity index (χ1) is 9.52. The average molecular weight is 343 g/mol. The monoisotopic (exact) mass is 342 g/mol. The van der Waals surface area contributed by atoms with Crippen molar-refractivity contribution in [1.82, 2.24) is 9.88 Å². The van der Waals surface area contributed by atoms with E-state index in [2.05, 4.69) is 38.1 Å². The van der Waals surface area contributed by atoms with Crippen molar-refractivity contribution in [3.8, 4) is 0 Å². The summed E-state index contributed by atoms with van der Waals surface area (Å²) in [6, 6.07) is 0.377. The maximum Gasteiger partial charge on any atom is 0.291 e. The van der Waals surface area contributed by atoms with Crippen molar-refractivity contribution >= 4 is 27.4 Å². The minimum atomic E-state index is -0.406. The number of nitrogens with zero attached hydrogens (tertiary/aromatic N) is 3. The fourth-order valence-electron chi connectivity index (χ4n) is 2.44. The molecule has 0 unspecified atom stereocenters. The molecule has 1 aromatic heterocycles. The van der Waals surface area contributed by atoms with Gasteiger partial charge in [-0.3, -0.25) is 10.1 Å². The zero-order valence-electron chi connectivity index (χ0n) is 11.7. The quantitative estimate of drug-likeness (QED) is 0.672. The number of piperidine rings is 1.